The van der Waals surface area contributed by atoms with Gasteiger partial charge >= 0.3 is 0 Å². The molecule has 0 fully saturated rings. The van der Waals surface area contributed by atoms with Crippen LogP contribution in [0.1, 0.15) is 57.9 Å². The lowest BCUT2D eigenvalue weighted by Gasteiger charge is -2.18. The lowest BCUT2D eigenvalue weighted by atomic mass is 9.94. The second kappa shape index (κ2) is 10.0. The molecule has 1 unspecified atom stereocenters. The van der Waals surface area contributed by atoms with Gasteiger partial charge in [-0.1, -0.05) is 26.8 Å². The average molecular weight is 492 g/mol. The van der Waals surface area contributed by atoms with Gasteiger partial charge in [-0.2, -0.15) is 0 Å². The molecule has 0 saturated carbocycles. The van der Waals surface area contributed by atoms with Gasteiger partial charge in [0.2, 0.25) is 5.89 Å². The van der Waals surface area contributed by atoms with Crippen molar-refractivity contribution in [2.75, 3.05) is 6.54 Å². The summed E-state index contributed by atoms with van der Waals surface area (Å²) in [5, 5.41) is 6.20. The van der Waals surface area contributed by atoms with Gasteiger partial charge in [0, 0.05) is 23.6 Å². The maximum Gasteiger partial charge on any atom is 0.216 e. The molecule has 0 spiro atoms. The van der Waals surface area contributed by atoms with Crippen molar-refractivity contribution in [2.24, 2.45) is 4.99 Å². The Hall–Kier alpha value is -1.71. The summed E-state index contributed by atoms with van der Waals surface area (Å²) in [6.07, 6.45) is 1.71. The predicted molar refractivity (Wildman–Crippen MR) is 113 cm³/mol. The van der Waals surface area contributed by atoms with E-state index in [0.29, 0.717) is 24.0 Å². The molecule has 1 aromatic heterocycles. The number of nitrogens with zero attached hydrogens (tertiary/aromatic N) is 2. The Kier molecular flexibility index (Phi) is 8.64. The van der Waals surface area contributed by atoms with Gasteiger partial charge in [-0.3, -0.25) is 0 Å². The highest BCUT2D eigenvalue weighted by molar-refractivity contribution is 14.0. The summed E-state index contributed by atoms with van der Waals surface area (Å²) in [6.45, 7) is 10.8. The summed E-state index contributed by atoms with van der Waals surface area (Å²) in [5.41, 5.74) is 0.245. The zero-order valence-corrected chi connectivity index (χ0v) is 18.6. The Morgan fingerprint density at radius 3 is 2.56 bits per heavy atom. The van der Waals surface area contributed by atoms with Gasteiger partial charge in [-0.25, -0.2) is 18.8 Å². The maximum atomic E-state index is 13.9. The molecule has 5 nitrogen and oxygen atoms in total. The first kappa shape index (κ1) is 23.3. The van der Waals surface area contributed by atoms with E-state index in [-0.39, 0.29) is 42.0 Å². The van der Waals surface area contributed by atoms with E-state index in [1.165, 1.54) is 12.1 Å². The van der Waals surface area contributed by atoms with Crippen LogP contribution in [-0.2, 0) is 12.0 Å². The molecular weight excluding hydrogens is 465 g/mol. The molecule has 2 N–H and O–H groups in total. The van der Waals surface area contributed by atoms with Crippen LogP contribution >= 0.6 is 24.0 Å². The first-order valence-electron chi connectivity index (χ1n) is 8.65. The molecule has 150 valence electrons. The smallest absolute Gasteiger partial charge is 0.216 e. The predicted octanol–water partition coefficient (Wildman–Crippen LogP) is 4.68. The fourth-order valence-electron chi connectivity index (χ4n) is 2.33. The molecule has 0 aliphatic rings. The fraction of sp³-hybridized carbons (Fsp3) is 0.474. The third-order valence-electron chi connectivity index (χ3n) is 3.79. The van der Waals surface area contributed by atoms with E-state index in [1.807, 2.05) is 27.7 Å². The Morgan fingerprint density at radius 2 is 2.00 bits per heavy atom. The largest absolute Gasteiger partial charge is 0.443 e. The van der Waals surface area contributed by atoms with E-state index >= 15 is 0 Å². The minimum atomic E-state index is -0.599. The van der Waals surface area contributed by atoms with Crippen LogP contribution in [0.15, 0.2) is 33.8 Å². The normalized spacial score (nSPS) is 13.1. The van der Waals surface area contributed by atoms with E-state index in [4.69, 9.17) is 4.42 Å². The number of guanidine groups is 1. The lowest BCUT2D eigenvalue weighted by molar-refractivity contribution is 0.383. The van der Waals surface area contributed by atoms with Gasteiger partial charge in [0.15, 0.2) is 5.96 Å². The van der Waals surface area contributed by atoms with Crippen molar-refractivity contribution < 1.29 is 13.2 Å². The fourth-order valence-corrected chi connectivity index (χ4v) is 2.33. The second-order valence-corrected chi connectivity index (χ2v) is 7.10. The van der Waals surface area contributed by atoms with Crippen LogP contribution in [0.4, 0.5) is 8.78 Å². The summed E-state index contributed by atoms with van der Waals surface area (Å²) in [4.78, 5) is 8.68. The van der Waals surface area contributed by atoms with Crippen LogP contribution in [0.25, 0.3) is 0 Å². The number of hydrogen-bond donors (Lipinski definition) is 2. The van der Waals surface area contributed by atoms with Gasteiger partial charge in [-0.15, -0.1) is 24.0 Å². The molecule has 0 amide bonds. The topological polar surface area (TPSA) is 62.5 Å². The number of nitrogens with one attached hydrogen (secondary N) is 2. The second-order valence-electron chi connectivity index (χ2n) is 7.10. The van der Waals surface area contributed by atoms with Crippen molar-refractivity contribution in [3.05, 3.63) is 53.2 Å². The standard InChI is InChI=1S/C19H26F2N4O.HI/c1-6-22-18(24-11-17-23-10-16(26-17)19(3,4)5)25-12(2)14-8-7-13(20)9-15(14)21;/h7-10,12H,6,11H2,1-5H3,(H2,22,24,25);1H. The molecule has 0 aliphatic heterocycles. The summed E-state index contributed by atoms with van der Waals surface area (Å²) in [6, 6.07) is 3.15. The van der Waals surface area contributed by atoms with Crippen molar-refractivity contribution in [3.63, 3.8) is 0 Å². The Balaban J connectivity index is 0.00000364. The van der Waals surface area contributed by atoms with Crippen LogP contribution in [0, 0.1) is 11.6 Å². The highest BCUT2D eigenvalue weighted by Crippen LogP contribution is 2.23. The molecule has 0 saturated heterocycles. The van der Waals surface area contributed by atoms with Gasteiger partial charge in [0.1, 0.15) is 23.9 Å². The Labute approximate surface area is 176 Å². The van der Waals surface area contributed by atoms with Gasteiger partial charge < -0.3 is 15.1 Å². The van der Waals surface area contributed by atoms with E-state index in [1.54, 1.807) is 13.1 Å². The molecule has 8 heteroatoms. The van der Waals surface area contributed by atoms with Crippen molar-refractivity contribution in [2.45, 2.75) is 52.6 Å². The molecule has 2 rings (SSSR count). The highest BCUT2D eigenvalue weighted by atomic mass is 127. The maximum absolute atomic E-state index is 13.9. The number of oxazole rings is 1. The van der Waals surface area contributed by atoms with Crippen LogP contribution in [0.2, 0.25) is 0 Å². The molecule has 1 aromatic carbocycles. The monoisotopic (exact) mass is 492 g/mol. The summed E-state index contributed by atoms with van der Waals surface area (Å²) in [7, 11) is 0. The number of aromatic nitrogens is 1. The summed E-state index contributed by atoms with van der Waals surface area (Å²) >= 11 is 0. The number of hydrogen-bond acceptors (Lipinski definition) is 3. The molecule has 27 heavy (non-hydrogen) atoms. The zero-order valence-electron chi connectivity index (χ0n) is 16.3. The molecule has 0 bridgehead atoms. The quantitative estimate of drug-likeness (QED) is 0.362. The number of halogens is 3. The molecule has 1 heterocycles. The van der Waals surface area contributed by atoms with Crippen molar-refractivity contribution >= 4 is 29.9 Å². The summed E-state index contributed by atoms with van der Waals surface area (Å²) < 4.78 is 32.7. The van der Waals surface area contributed by atoms with E-state index < -0.39 is 11.6 Å². The highest BCUT2D eigenvalue weighted by Gasteiger charge is 2.19. The third-order valence-corrected chi connectivity index (χ3v) is 3.79. The lowest BCUT2D eigenvalue weighted by Crippen LogP contribution is -2.39. The van der Waals surface area contributed by atoms with Crippen molar-refractivity contribution in [3.8, 4) is 0 Å². The minimum absolute atomic E-state index is 0. The van der Waals surface area contributed by atoms with Crippen LogP contribution < -0.4 is 10.6 Å². The van der Waals surface area contributed by atoms with Crippen LogP contribution in [-0.4, -0.2) is 17.5 Å². The zero-order chi connectivity index (χ0) is 19.3. The van der Waals surface area contributed by atoms with E-state index in [0.717, 1.165) is 11.8 Å². The SMILES string of the molecule is CCNC(=NCc1ncc(C(C)(C)C)o1)NC(C)c1ccc(F)cc1F.I. The molecule has 1 atom stereocenters. The first-order chi connectivity index (χ1) is 12.2. The average Bonchev–Trinajstić information content (AvgIpc) is 3.02. The number of benzene rings is 1. The van der Waals surface area contributed by atoms with Gasteiger partial charge in [-0.05, 0) is 19.9 Å². The molecule has 2 aromatic rings. The number of rotatable bonds is 5. The Bertz CT molecular complexity index is 771. The van der Waals surface area contributed by atoms with Crippen LogP contribution in [0.3, 0.4) is 0 Å². The van der Waals surface area contributed by atoms with Gasteiger partial charge in [0.25, 0.3) is 0 Å². The van der Waals surface area contributed by atoms with Gasteiger partial charge in [0.05, 0.1) is 12.2 Å². The minimum Gasteiger partial charge on any atom is -0.443 e. The van der Waals surface area contributed by atoms with Crippen molar-refractivity contribution in [1.29, 1.82) is 0 Å². The third kappa shape index (κ3) is 6.75. The van der Waals surface area contributed by atoms with Crippen molar-refractivity contribution in [1.82, 2.24) is 15.6 Å². The Morgan fingerprint density at radius 1 is 1.30 bits per heavy atom. The van der Waals surface area contributed by atoms with E-state index in [9.17, 15) is 8.78 Å². The summed E-state index contributed by atoms with van der Waals surface area (Å²) in [5.74, 6) is 0.607. The van der Waals surface area contributed by atoms with Crippen LogP contribution in [0.5, 0.6) is 0 Å². The first-order valence-corrected chi connectivity index (χ1v) is 8.65. The molecular formula is C19H27F2IN4O. The molecule has 0 radical (unpaired) electrons. The number of aliphatic imine (C=N–C) groups is 1. The van der Waals surface area contributed by atoms with E-state index in [2.05, 4.69) is 20.6 Å². The molecule has 0 aliphatic carbocycles.